The van der Waals surface area contributed by atoms with Gasteiger partial charge < -0.3 is 20.1 Å². The second-order valence-corrected chi connectivity index (χ2v) is 7.42. The Balaban J connectivity index is 2.75. The van der Waals surface area contributed by atoms with E-state index in [1.165, 1.54) is 0 Å². The first-order valence-corrected chi connectivity index (χ1v) is 9.45. The van der Waals surface area contributed by atoms with Gasteiger partial charge in [0.25, 0.3) is 0 Å². The van der Waals surface area contributed by atoms with Gasteiger partial charge in [-0.25, -0.2) is 4.79 Å². The third kappa shape index (κ3) is 8.66. The van der Waals surface area contributed by atoms with Crippen molar-refractivity contribution in [2.45, 2.75) is 66.0 Å². The topological polar surface area (TPSA) is 88.7 Å². The second kappa shape index (κ2) is 10.6. The van der Waals surface area contributed by atoms with Crippen LogP contribution in [0, 0.1) is 0 Å². The summed E-state index contributed by atoms with van der Waals surface area (Å²) in [5.41, 5.74) is 0.296. The summed E-state index contributed by atoms with van der Waals surface area (Å²) in [6, 6.07) is 4.33. The highest BCUT2D eigenvalue weighted by Crippen LogP contribution is 2.31. The molecule has 0 bridgehead atoms. The molecule has 1 unspecified atom stereocenters. The molecule has 3 amide bonds. The molecule has 0 saturated carbocycles. The summed E-state index contributed by atoms with van der Waals surface area (Å²) >= 11 is 0. The molecule has 0 spiro atoms. The van der Waals surface area contributed by atoms with Gasteiger partial charge in [0.15, 0.2) is 11.5 Å². The van der Waals surface area contributed by atoms with E-state index in [1.54, 1.807) is 13.0 Å². The van der Waals surface area contributed by atoms with Crippen LogP contribution in [0.1, 0.15) is 54.4 Å². The van der Waals surface area contributed by atoms with Gasteiger partial charge in [-0.15, -0.1) is 0 Å². The lowest BCUT2D eigenvalue weighted by Gasteiger charge is -2.22. The summed E-state index contributed by atoms with van der Waals surface area (Å²) < 4.78 is 11.5. The molecule has 0 aliphatic carbocycles. The van der Waals surface area contributed by atoms with Gasteiger partial charge in [0.1, 0.15) is 6.04 Å². The van der Waals surface area contributed by atoms with E-state index in [9.17, 15) is 9.59 Å². The number of hydrogen-bond acceptors (Lipinski definition) is 5. The van der Waals surface area contributed by atoms with E-state index < -0.39 is 23.5 Å². The summed E-state index contributed by atoms with van der Waals surface area (Å²) in [6.07, 6.45) is 1.79. The summed E-state index contributed by atoms with van der Waals surface area (Å²) in [7, 11) is 0. The number of rotatable bonds is 9. The fourth-order valence-corrected chi connectivity index (χ4v) is 2.16. The second-order valence-electron chi connectivity index (χ2n) is 7.42. The van der Waals surface area contributed by atoms with Gasteiger partial charge in [-0.1, -0.05) is 13.8 Å². The lowest BCUT2D eigenvalue weighted by molar-refractivity contribution is -0.120. The highest BCUT2D eigenvalue weighted by atomic mass is 16.5. The Labute approximate surface area is 162 Å². The highest BCUT2D eigenvalue weighted by molar-refractivity contribution is 5.98. The van der Waals surface area contributed by atoms with Crippen LogP contribution in [0.4, 0.5) is 10.5 Å². The molecule has 7 heteroatoms. The monoisotopic (exact) mass is 379 g/mol. The first-order chi connectivity index (χ1) is 12.7. The Morgan fingerprint density at radius 3 is 2.19 bits per heavy atom. The van der Waals surface area contributed by atoms with Gasteiger partial charge >= 0.3 is 6.03 Å². The molecular weight excluding hydrogens is 346 g/mol. The molecule has 27 heavy (non-hydrogen) atoms. The summed E-state index contributed by atoms with van der Waals surface area (Å²) in [6.45, 7) is 12.5. The van der Waals surface area contributed by atoms with Gasteiger partial charge in [0.05, 0.1) is 13.2 Å². The van der Waals surface area contributed by atoms with Crippen molar-refractivity contribution in [3.63, 3.8) is 0 Å². The van der Waals surface area contributed by atoms with Crippen molar-refractivity contribution in [2.75, 3.05) is 18.5 Å². The molecule has 7 nitrogen and oxygen atoms in total. The van der Waals surface area contributed by atoms with Gasteiger partial charge in [-0.3, -0.25) is 10.1 Å². The van der Waals surface area contributed by atoms with Crippen molar-refractivity contribution in [1.29, 1.82) is 0 Å². The highest BCUT2D eigenvalue weighted by Gasteiger charge is 2.19. The summed E-state index contributed by atoms with van der Waals surface area (Å²) in [4.78, 5) is 24.1. The molecule has 1 atom stereocenters. The van der Waals surface area contributed by atoms with Crippen LogP contribution in [0.2, 0.25) is 0 Å². The standard InChI is InChI=1S/C20H33N3O4/c1-7-11-26-16-10-9-15(13-17(16)27-12-8-2)21-14(3)18(24)22-19(25)23-20(4,5)6/h9-10,13-14,21H,7-8,11-12H2,1-6H3,(H2,22,23,24,25). The van der Waals surface area contributed by atoms with Crippen LogP contribution in [0.15, 0.2) is 18.2 Å². The van der Waals surface area contributed by atoms with Gasteiger partial charge in [0.2, 0.25) is 5.91 Å². The number of hydrogen-bond donors (Lipinski definition) is 3. The molecule has 0 aliphatic heterocycles. The van der Waals surface area contributed by atoms with Gasteiger partial charge in [0, 0.05) is 17.3 Å². The molecule has 1 aromatic carbocycles. The van der Waals surface area contributed by atoms with E-state index in [0.717, 1.165) is 12.8 Å². The predicted molar refractivity (Wildman–Crippen MR) is 108 cm³/mol. The molecule has 0 radical (unpaired) electrons. The van der Waals surface area contributed by atoms with Crippen LogP contribution in [-0.2, 0) is 4.79 Å². The predicted octanol–water partition coefficient (Wildman–Crippen LogP) is 3.69. The minimum absolute atomic E-state index is 0.416. The molecular formula is C20H33N3O4. The molecule has 152 valence electrons. The molecule has 1 rings (SSSR count). The van der Waals surface area contributed by atoms with Crippen LogP contribution in [-0.4, -0.2) is 36.7 Å². The van der Waals surface area contributed by atoms with Crippen LogP contribution < -0.4 is 25.4 Å². The number of carbonyl (C=O) groups excluding carboxylic acids is 2. The number of amides is 3. The summed E-state index contributed by atoms with van der Waals surface area (Å²) in [5.74, 6) is 0.893. The van der Waals surface area contributed by atoms with Crippen LogP contribution in [0.3, 0.4) is 0 Å². The van der Waals surface area contributed by atoms with Crippen LogP contribution in [0.25, 0.3) is 0 Å². The molecule has 3 N–H and O–H groups in total. The van der Waals surface area contributed by atoms with Crippen LogP contribution in [0.5, 0.6) is 11.5 Å². The lowest BCUT2D eigenvalue weighted by atomic mass is 10.1. The van der Waals surface area contributed by atoms with Gasteiger partial charge in [-0.05, 0) is 52.7 Å². The third-order valence-electron chi connectivity index (χ3n) is 3.37. The number of anilines is 1. The maximum Gasteiger partial charge on any atom is 0.321 e. The fraction of sp³-hybridized carbons (Fsp3) is 0.600. The minimum Gasteiger partial charge on any atom is -0.490 e. The number of benzene rings is 1. The average Bonchev–Trinajstić information content (AvgIpc) is 2.57. The minimum atomic E-state index is -0.600. The number of imide groups is 1. The molecule has 0 aromatic heterocycles. The zero-order valence-corrected chi connectivity index (χ0v) is 17.3. The first-order valence-electron chi connectivity index (χ1n) is 9.45. The molecule has 0 heterocycles. The quantitative estimate of drug-likeness (QED) is 0.609. The Hall–Kier alpha value is -2.44. The Morgan fingerprint density at radius 1 is 1.04 bits per heavy atom. The van der Waals surface area contributed by atoms with Crippen molar-refractivity contribution < 1.29 is 19.1 Å². The third-order valence-corrected chi connectivity index (χ3v) is 3.37. The molecule has 0 fully saturated rings. The van der Waals surface area contributed by atoms with E-state index in [1.807, 2.05) is 46.8 Å². The summed E-state index contributed by atoms with van der Waals surface area (Å²) in [5, 5.41) is 8.11. The SMILES string of the molecule is CCCOc1ccc(NC(C)C(=O)NC(=O)NC(C)(C)C)cc1OCCC. The Bertz CT molecular complexity index is 626. The maximum absolute atomic E-state index is 12.2. The average molecular weight is 380 g/mol. The fourth-order valence-electron chi connectivity index (χ4n) is 2.16. The van der Waals surface area contributed by atoms with E-state index in [2.05, 4.69) is 16.0 Å². The smallest absolute Gasteiger partial charge is 0.321 e. The molecule has 0 saturated heterocycles. The maximum atomic E-state index is 12.2. The zero-order chi connectivity index (χ0) is 20.4. The van der Waals surface area contributed by atoms with Gasteiger partial charge in [-0.2, -0.15) is 0 Å². The first kappa shape index (κ1) is 22.6. The number of ether oxygens (including phenoxy) is 2. The number of nitrogens with one attached hydrogen (secondary N) is 3. The van der Waals surface area contributed by atoms with Crippen molar-refractivity contribution in [2.24, 2.45) is 0 Å². The Morgan fingerprint density at radius 2 is 1.63 bits per heavy atom. The van der Waals surface area contributed by atoms with Crippen molar-refractivity contribution in [3.05, 3.63) is 18.2 Å². The van der Waals surface area contributed by atoms with E-state index in [0.29, 0.717) is 30.4 Å². The van der Waals surface area contributed by atoms with Crippen molar-refractivity contribution in [3.8, 4) is 11.5 Å². The van der Waals surface area contributed by atoms with E-state index >= 15 is 0 Å². The normalized spacial score (nSPS) is 12.1. The van der Waals surface area contributed by atoms with Crippen molar-refractivity contribution >= 4 is 17.6 Å². The van der Waals surface area contributed by atoms with E-state index in [-0.39, 0.29) is 0 Å². The number of urea groups is 1. The zero-order valence-electron chi connectivity index (χ0n) is 17.3. The van der Waals surface area contributed by atoms with Crippen molar-refractivity contribution in [1.82, 2.24) is 10.6 Å². The number of carbonyl (C=O) groups is 2. The van der Waals surface area contributed by atoms with E-state index in [4.69, 9.17) is 9.47 Å². The van der Waals surface area contributed by atoms with Crippen LogP contribution >= 0.6 is 0 Å². The molecule has 1 aromatic rings. The molecule has 0 aliphatic rings. The Kier molecular flexibility index (Phi) is 8.91. The lowest BCUT2D eigenvalue weighted by Crippen LogP contribution is -2.51. The largest absolute Gasteiger partial charge is 0.490 e.